The van der Waals surface area contributed by atoms with Crippen LogP contribution in [0.4, 0.5) is 13.2 Å². The molecule has 0 saturated carbocycles. The second-order valence-corrected chi connectivity index (χ2v) is 3.58. The van der Waals surface area contributed by atoms with Crippen molar-refractivity contribution in [2.45, 2.75) is 12.6 Å². The Hall–Kier alpha value is -1.74. The zero-order valence-corrected chi connectivity index (χ0v) is 8.93. The highest BCUT2D eigenvalue weighted by Gasteiger charge is 2.34. The van der Waals surface area contributed by atoms with Crippen LogP contribution in [0.5, 0.6) is 0 Å². The van der Waals surface area contributed by atoms with E-state index in [0.29, 0.717) is 6.07 Å². The number of nitrogens with zero attached hydrogens (tertiary/aromatic N) is 1. The van der Waals surface area contributed by atoms with Crippen molar-refractivity contribution in [3.8, 4) is 6.07 Å². The lowest BCUT2D eigenvalue weighted by molar-refractivity contribution is -0.139. The molecule has 1 N–H and O–H groups in total. The summed E-state index contributed by atoms with van der Waals surface area (Å²) in [5.41, 5.74) is -1.96. The average molecular weight is 264 g/mol. The highest BCUT2D eigenvalue weighted by molar-refractivity contribution is 6.31. The number of rotatable bonds is 2. The molecule has 1 aromatic carbocycles. The summed E-state index contributed by atoms with van der Waals surface area (Å²) in [5, 5.41) is 16.9. The monoisotopic (exact) mass is 263 g/mol. The van der Waals surface area contributed by atoms with Crippen molar-refractivity contribution in [3.05, 3.63) is 33.8 Å². The number of benzene rings is 1. The van der Waals surface area contributed by atoms with Gasteiger partial charge in [0.1, 0.15) is 6.07 Å². The van der Waals surface area contributed by atoms with Crippen molar-refractivity contribution in [2.75, 3.05) is 0 Å². The van der Waals surface area contributed by atoms with Crippen LogP contribution in [0, 0.1) is 11.3 Å². The molecule has 17 heavy (non-hydrogen) atoms. The van der Waals surface area contributed by atoms with Gasteiger partial charge in [-0.1, -0.05) is 11.6 Å². The minimum atomic E-state index is -4.72. The van der Waals surface area contributed by atoms with E-state index in [4.69, 9.17) is 22.0 Å². The molecule has 0 aliphatic carbocycles. The molecular weight excluding hydrogens is 259 g/mol. The number of halogens is 4. The number of carboxylic acids is 1. The average Bonchev–Trinajstić information content (AvgIpc) is 2.14. The Morgan fingerprint density at radius 3 is 2.47 bits per heavy atom. The van der Waals surface area contributed by atoms with E-state index in [9.17, 15) is 18.0 Å². The molecule has 0 heterocycles. The number of carboxylic acid groups (broad SMARTS) is 1. The summed E-state index contributed by atoms with van der Waals surface area (Å²) in [6.45, 7) is 0. The third-order valence-corrected chi connectivity index (χ3v) is 2.27. The summed E-state index contributed by atoms with van der Waals surface area (Å²) in [5.74, 6) is -1.41. The van der Waals surface area contributed by atoms with E-state index in [-0.39, 0.29) is 10.6 Å². The van der Waals surface area contributed by atoms with Gasteiger partial charge in [-0.05, 0) is 17.7 Å². The molecule has 0 aromatic heterocycles. The lowest BCUT2D eigenvalue weighted by Crippen LogP contribution is -2.13. The van der Waals surface area contributed by atoms with Crippen molar-refractivity contribution in [1.29, 1.82) is 5.26 Å². The Bertz CT molecular complexity index is 505. The molecule has 0 spiro atoms. The molecular formula is C10H5ClF3NO2. The van der Waals surface area contributed by atoms with Gasteiger partial charge in [-0.25, -0.2) is 0 Å². The van der Waals surface area contributed by atoms with Crippen LogP contribution in [0.15, 0.2) is 12.1 Å². The SMILES string of the molecule is N#Cc1cc(C(F)(F)F)c(CC(=O)O)cc1Cl. The fourth-order valence-corrected chi connectivity index (χ4v) is 1.50. The molecule has 90 valence electrons. The number of hydrogen-bond acceptors (Lipinski definition) is 2. The molecule has 0 aliphatic rings. The van der Waals surface area contributed by atoms with Crippen LogP contribution in [-0.4, -0.2) is 11.1 Å². The maximum Gasteiger partial charge on any atom is 0.416 e. The molecule has 0 atom stereocenters. The molecule has 0 aliphatic heterocycles. The van der Waals surface area contributed by atoms with Crippen LogP contribution >= 0.6 is 11.6 Å². The maximum atomic E-state index is 12.6. The summed E-state index contributed by atoms with van der Waals surface area (Å²) < 4.78 is 37.8. The molecule has 0 unspecified atom stereocenters. The van der Waals surface area contributed by atoms with Gasteiger partial charge in [0.15, 0.2) is 0 Å². The highest BCUT2D eigenvalue weighted by Crippen LogP contribution is 2.35. The third kappa shape index (κ3) is 3.11. The number of aliphatic carboxylic acids is 1. The zero-order valence-electron chi connectivity index (χ0n) is 8.18. The van der Waals surface area contributed by atoms with Crippen molar-refractivity contribution >= 4 is 17.6 Å². The van der Waals surface area contributed by atoms with Crippen LogP contribution in [0.1, 0.15) is 16.7 Å². The van der Waals surface area contributed by atoms with Gasteiger partial charge in [-0.15, -0.1) is 0 Å². The van der Waals surface area contributed by atoms with Gasteiger partial charge in [-0.3, -0.25) is 4.79 Å². The van der Waals surface area contributed by atoms with E-state index in [1.807, 2.05) is 0 Å². The molecule has 0 saturated heterocycles. The van der Waals surface area contributed by atoms with Gasteiger partial charge >= 0.3 is 12.1 Å². The zero-order chi connectivity index (χ0) is 13.2. The number of carbonyl (C=O) groups is 1. The van der Waals surface area contributed by atoms with E-state index >= 15 is 0 Å². The predicted molar refractivity (Wildman–Crippen MR) is 52.5 cm³/mol. The topological polar surface area (TPSA) is 61.1 Å². The van der Waals surface area contributed by atoms with Gasteiger partial charge in [0.05, 0.1) is 22.6 Å². The fourth-order valence-electron chi connectivity index (χ4n) is 1.27. The van der Waals surface area contributed by atoms with Gasteiger partial charge in [0, 0.05) is 0 Å². The minimum Gasteiger partial charge on any atom is -0.481 e. The van der Waals surface area contributed by atoms with Gasteiger partial charge in [0.2, 0.25) is 0 Å². The van der Waals surface area contributed by atoms with E-state index in [1.54, 1.807) is 0 Å². The summed E-state index contributed by atoms with van der Waals surface area (Å²) in [6, 6.07) is 2.92. The van der Waals surface area contributed by atoms with Crippen LogP contribution in [-0.2, 0) is 17.4 Å². The lowest BCUT2D eigenvalue weighted by Gasteiger charge is -2.12. The smallest absolute Gasteiger partial charge is 0.416 e. The fraction of sp³-hybridized carbons (Fsp3) is 0.200. The lowest BCUT2D eigenvalue weighted by atomic mass is 10.0. The van der Waals surface area contributed by atoms with Gasteiger partial charge < -0.3 is 5.11 Å². The standard InChI is InChI=1S/C10H5ClF3NO2/c11-8-2-5(3-9(16)17)7(10(12,13)14)1-6(8)4-15/h1-2H,3H2,(H,16,17). The van der Waals surface area contributed by atoms with Crippen LogP contribution in [0.25, 0.3) is 0 Å². The predicted octanol–water partition coefficient (Wildman–Crippen LogP) is 2.86. The van der Waals surface area contributed by atoms with Crippen molar-refractivity contribution in [3.63, 3.8) is 0 Å². The van der Waals surface area contributed by atoms with Crippen molar-refractivity contribution < 1.29 is 23.1 Å². The number of nitriles is 1. The molecule has 7 heteroatoms. The van der Waals surface area contributed by atoms with Gasteiger partial charge in [-0.2, -0.15) is 18.4 Å². The summed E-state index contributed by atoms with van der Waals surface area (Å²) in [6.07, 6.45) is -5.53. The first-order valence-corrected chi connectivity index (χ1v) is 4.65. The molecule has 1 aromatic rings. The quantitative estimate of drug-likeness (QED) is 0.892. The Kier molecular flexibility index (Phi) is 3.63. The summed E-state index contributed by atoms with van der Waals surface area (Å²) in [4.78, 5) is 10.4. The molecule has 0 amide bonds. The Morgan fingerprint density at radius 2 is 2.06 bits per heavy atom. The van der Waals surface area contributed by atoms with E-state index in [2.05, 4.69) is 0 Å². The van der Waals surface area contributed by atoms with E-state index in [0.717, 1.165) is 6.07 Å². The second kappa shape index (κ2) is 4.63. The second-order valence-electron chi connectivity index (χ2n) is 3.17. The largest absolute Gasteiger partial charge is 0.481 e. The first-order valence-electron chi connectivity index (χ1n) is 4.27. The first kappa shape index (κ1) is 13.3. The minimum absolute atomic E-state index is 0.197. The third-order valence-electron chi connectivity index (χ3n) is 1.96. The Balaban J connectivity index is 3.43. The molecule has 0 bridgehead atoms. The van der Waals surface area contributed by atoms with Crippen LogP contribution in [0.3, 0.4) is 0 Å². The van der Waals surface area contributed by atoms with E-state index < -0.39 is 29.7 Å². The summed E-state index contributed by atoms with van der Waals surface area (Å²) >= 11 is 5.55. The Labute approximate surface area is 99.0 Å². The first-order chi connectivity index (χ1) is 7.75. The van der Waals surface area contributed by atoms with Crippen molar-refractivity contribution in [2.24, 2.45) is 0 Å². The van der Waals surface area contributed by atoms with Crippen molar-refractivity contribution in [1.82, 2.24) is 0 Å². The molecule has 0 radical (unpaired) electrons. The summed E-state index contributed by atoms with van der Waals surface area (Å²) in [7, 11) is 0. The molecule has 0 fully saturated rings. The normalized spacial score (nSPS) is 11.0. The molecule has 3 nitrogen and oxygen atoms in total. The number of alkyl halides is 3. The van der Waals surface area contributed by atoms with Crippen LogP contribution < -0.4 is 0 Å². The Morgan fingerprint density at radius 1 is 1.47 bits per heavy atom. The maximum absolute atomic E-state index is 12.6. The van der Waals surface area contributed by atoms with Crippen LogP contribution in [0.2, 0.25) is 5.02 Å². The highest BCUT2D eigenvalue weighted by atomic mass is 35.5. The number of hydrogen-bond donors (Lipinski definition) is 1. The molecule has 1 rings (SSSR count). The van der Waals surface area contributed by atoms with E-state index in [1.165, 1.54) is 6.07 Å². The van der Waals surface area contributed by atoms with Gasteiger partial charge in [0.25, 0.3) is 0 Å².